The molecular weight excluding hydrogens is 174 g/mol. The van der Waals surface area contributed by atoms with Crippen LogP contribution in [0.25, 0.3) is 0 Å². The van der Waals surface area contributed by atoms with E-state index in [2.05, 4.69) is 25.3 Å². The van der Waals surface area contributed by atoms with Gasteiger partial charge < -0.3 is 4.74 Å². The highest BCUT2D eigenvalue weighted by atomic mass is 16.5. The lowest BCUT2D eigenvalue weighted by atomic mass is 9.81. The van der Waals surface area contributed by atoms with Gasteiger partial charge in [-0.1, -0.05) is 26.0 Å². The van der Waals surface area contributed by atoms with Gasteiger partial charge in [0.1, 0.15) is 0 Å². The molecule has 2 aliphatic rings. The number of ether oxygens (including phenoxy) is 1. The van der Waals surface area contributed by atoms with Crippen LogP contribution in [0.5, 0.6) is 0 Å². The van der Waals surface area contributed by atoms with Crippen molar-refractivity contribution in [1.82, 2.24) is 4.90 Å². The zero-order valence-corrected chi connectivity index (χ0v) is 9.55. The standard InChI is InChI=1S/C12H21NO/c1-9(2)12-5-10(3)7-13(12)8-11(6-12)14-4/h9,11H,3,5-8H2,1-2,4H3/t11-,12+/m0/s1. The van der Waals surface area contributed by atoms with Crippen LogP contribution >= 0.6 is 0 Å². The lowest BCUT2D eigenvalue weighted by molar-refractivity contribution is 0.107. The Kier molecular flexibility index (Phi) is 2.44. The van der Waals surface area contributed by atoms with Crippen LogP contribution in [0.3, 0.4) is 0 Å². The third kappa shape index (κ3) is 1.32. The summed E-state index contributed by atoms with van der Waals surface area (Å²) in [5, 5.41) is 0. The highest BCUT2D eigenvalue weighted by molar-refractivity contribution is 5.19. The van der Waals surface area contributed by atoms with Crippen molar-refractivity contribution in [2.24, 2.45) is 5.92 Å². The first-order valence-corrected chi connectivity index (χ1v) is 5.53. The molecule has 0 aromatic rings. The fourth-order valence-corrected chi connectivity index (χ4v) is 3.14. The van der Waals surface area contributed by atoms with Crippen molar-refractivity contribution in [2.45, 2.75) is 38.3 Å². The third-order valence-corrected chi connectivity index (χ3v) is 4.01. The fraction of sp³-hybridized carbons (Fsp3) is 0.833. The van der Waals surface area contributed by atoms with E-state index in [1.165, 1.54) is 18.4 Å². The molecule has 0 aromatic carbocycles. The van der Waals surface area contributed by atoms with Gasteiger partial charge in [0.25, 0.3) is 0 Å². The maximum atomic E-state index is 5.49. The van der Waals surface area contributed by atoms with E-state index in [-0.39, 0.29) is 0 Å². The first kappa shape index (κ1) is 10.2. The molecule has 2 atom stereocenters. The maximum absolute atomic E-state index is 5.49. The second-order valence-electron chi connectivity index (χ2n) is 5.13. The number of hydrogen-bond acceptors (Lipinski definition) is 2. The van der Waals surface area contributed by atoms with Gasteiger partial charge in [-0.15, -0.1) is 0 Å². The summed E-state index contributed by atoms with van der Waals surface area (Å²) in [5.41, 5.74) is 1.76. The van der Waals surface area contributed by atoms with Gasteiger partial charge >= 0.3 is 0 Å². The second kappa shape index (κ2) is 3.35. The maximum Gasteiger partial charge on any atom is 0.0716 e. The van der Waals surface area contributed by atoms with Crippen LogP contribution in [0.4, 0.5) is 0 Å². The molecule has 0 spiro atoms. The summed E-state index contributed by atoms with van der Waals surface area (Å²) < 4.78 is 5.49. The highest BCUT2D eigenvalue weighted by Gasteiger charge is 2.51. The Hall–Kier alpha value is -0.340. The number of nitrogens with zero attached hydrogens (tertiary/aromatic N) is 1. The summed E-state index contributed by atoms with van der Waals surface area (Å²) in [7, 11) is 1.83. The van der Waals surface area contributed by atoms with Crippen molar-refractivity contribution in [3.63, 3.8) is 0 Å². The molecular formula is C12H21NO. The zero-order chi connectivity index (χ0) is 10.3. The molecule has 2 aliphatic heterocycles. The van der Waals surface area contributed by atoms with Gasteiger partial charge in [0.15, 0.2) is 0 Å². The van der Waals surface area contributed by atoms with Crippen molar-refractivity contribution < 1.29 is 4.74 Å². The largest absolute Gasteiger partial charge is 0.380 e. The molecule has 0 N–H and O–H groups in total. The molecule has 0 aromatic heterocycles. The molecule has 14 heavy (non-hydrogen) atoms. The Balaban J connectivity index is 2.21. The van der Waals surface area contributed by atoms with Gasteiger partial charge in [-0.2, -0.15) is 0 Å². The van der Waals surface area contributed by atoms with E-state index in [4.69, 9.17) is 4.74 Å². The summed E-state index contributed by atoms with van der Waals surface area (Å²) in [5.74, 6) is 0.696. The monoisotopic (exact) mass is 195 g/mol. The predicted molar refractivity (Wildman–Crippen MR) is 58.3 cm³/mol. The highest BCUT2D eigenvalue weighted by Crippen LogP contribution is 2.46. The van der Waals surface area contributed by atoms with Crippen molar-refractivity contribution in [2.75, 3.05) is 20.2 Å². The number of methoxy groups -OCH3 is 1. The number of rotatable bonds is 2. The van der Waals surface area contributed by atoms with Gasteiger partial charge in [0.05, 0.1) is 6.10 Å². The normalized spacial score (nSPS) is 38.3. The molecule has 80 valence electrons. The third-order valence-electron chi connectivity index (χ3n) is 4.01. The molecule has 0 aliphatic carbocycles. The van der Waals surface area contributed by atoms with E-state index in [1.54, 1.807) is 0 Å². The summed E-state index contributed by atoms with van der Waals surface area (Å²) in [6, 6.07) is 0. The van der Waals surface area contributed by atoms with Crippen molar-refractivity contribution in [3.8, 4) is 0 Å². The van der Waals surface area contributed by atoms with Crippen molar-refractivity contribution in [3.05, 3.63) is 12.2 Å². The zero-order valence-electron chi connectivity index (χ0n) is 9.55. The summed E-state index contributed by atoms with van der Waals surface area (Å²) in [4.78, 5) is 2.58. The van der Waals surface area contributed by atoms with E-state index < -0.39 is 0 Å². The lowest BCUT2D eigenvalue weighted by Gasteiger charge is -2.35. The van der Waals surface area contributed by atoms with E-state index in [0.717, 1.165) is 13.1 Å². The van der Waals surface area contributed by atoms with E-state index >= 15 is 0 Å². The van der Waals surface area contributed by atoms with Crippen LogP contribution < -0.4 is 0 Å². The smallest absolute Gasteiger partial charge is 0.0716 e. The fourth-order valence-electron chi connectivity index (χ4n) is 3.14. The van der Waals surface area contributed by atoms with Crippen molar-refractivity contribution in [1.29, 1.82) is 0 Å². The van der Waals surface area contributed by atoms with Gasteiger partial charge in [-0.25, -0.2) is 0 Å². The van der Waals surface area contributed by atoms with Crippen LogP contribution in [0.2, 0.25) is 0 Å². The topological polar surface area (TPSA) is 12.5 Å². The number of fused-ring (bicyclic) bond motifs is 1. The summed E-state index contributed by atoms with van der Waals surface area (Å²) in [6.07, 6.45) is 2.79. The summed E-state index contributed by atoms with van der Waals surface area (Å²) in [6.45, 7) is 11.0. The molecule has 0 saturated carbocycles. The average molecular weight is 195 g/mol. The Bertz CT molecular complexity index is 249. The van der Waals surface area contributed by atoms with Crippen LogP contribution in [-0.2, 0) is 4.74 Å². The molecule has 2 heteroatoms. The lowest BCUT2D eigenvalue weighted by Crippen LogP contribution is -2.42. The molecule has 2 fully saturated rings. The first-order valence-electron chi connectivity index (χ1n) is 5.53. The Labute approximate surface area is 86.9 Å². The van der Waals surface area contributed by atoms with Crippen LogP contribution in [0.15, 0.2) is 12.2 Å². The quantitative estimate of drug-likeness (QED) is 0.625. The minimum atomic E-state index is 0.359. The predicted octanol–water partition coefficient (Wildman–Crippen LogP) is 2.06. The van der Waals surface area contributed by atoms with Gasteiger partial charge in [-0.05, 0) is 18.8 Å². The molecule has 2 rings (SSSR count). The molecule has 0 radical (unpaired) electrons. The van der Waals surface area contributed by atoms with Gasteiger partial charge in [-0.3, -0.25) is 4.90 Å². The van der Waals surface area contributed by atoms with Gasteiger partial charge in [0.2, 0.25) is 0 Å². The SMILES string of the molecule is C=C1CN2C[C@@H](OC)C[C@@]2(C(C)C)C1. The molecule has 0 unspecified atom stereocenters. The van der Waals surface area contributed by atoms with E-state index in [1.807, 2.05) is 7.11 Å². The van der Waals surface area contributed by atoms with Crippen LogP contribution in [0.1, 0.15) is 26.7 Å². The minimum absolute atomic E-state index is 0.359. The first-order chi connectivity index (χ1) is 6.58. The molecule has 2 heterocycles. The Morgan fingerprint density at radius 1 is 1.57 bits per heavy atom. The number of hydrogen-bond donors (Lipinski definition) is 0. The minimum Gasteiger partial charge on any atom is -0.380 e. The average Bonchev–Trinajstić information content (AvgIpc) is 2.57. The van der Waals surface area contributed by atoms with Gasteiger partial charge in [0, 0.05) is 25.7 Å². The van der Waals surface area contributed by atoms with Crippen LogP contribution in [-0.4, -0.2) is 36.7 Å². The molecule has 2 nitrogen and oxygen atoms in total. The molecule has 2 saturated heterocycles. The van der Waals surface area contributed by atoms with E-state index in [9.17, 15) is 0 Å². The second-order valence-corrected chi connectivity index (χ2v) is 5.13. The molecule has 0 bridgehead atoms. The Morgan fingerprint density at radius 3 is 2.79 bits per heavy atom. The molecule has 0 amide bonds. The van der Waals surface area contributed by atoms with Crippen LogP contribution in [0, 0.1) is 5.92 Å². The summed E-state index contributed by atoms with van der Waals surface area (Å²) >= 11 is 0. The van der Waals surface area contributed by atoms with E-state index in [0.29, 0.717) is 17.6 Å². The Morgan fingerprint density at radius 2 is 2.29 bits per heavy atom. The van der Waals surface area contributed by atoms with Crippen molar-refractivity contribution >= 4 is 0 Å².